The van der Waals surface area contributed by atoms with Crippen molar-refractivity contribution in [3.8, 4) is 0 Å². The average molecular weight is 403 g/mol. The summed E-state index contributed by atoms with van der Waals surface area (Å²) in [7, 11) is 0. The fourth-order valence-corrected chi connectivity index (χ4v) is 3.86. The molecule has 160 valence electrons. The molecule has 2 saturated heterocycles. The predicted octanol–water partition coefficient (Wildman–Crippen LogP) is 1.24. The van der Waals surface area contributed by atoms with Crippen molar-refractivity contribution in [3.05, 3.63) is 35.4 Å². The van der Waals surface area contributed by atoms with Crippen molar-refractivity contribution < 1.29 is 14.3 Å². The van der Waals surface area contributed by atoms with Gasteiger partial charge in [0, 0.05) is 50.9 Å². The molecular weight excluding hydrogens is 368 g/mol. The minimum atomic E-state index is -0.00651. The molecule has 29 heavy (non-hydrogen) atoms. The molecule has 0 aliphatic carbocycles. The van der Waals surface area contributed by atoms with Gasteiger partial charge in [-0.15, -0.1) is 0 Å². The number of carbonyl (C=O) groups is 2. The summed E-state index contributed by atoms with van der Waals surface area (Å²) < 4.78 is 5.40. The van der Waals surface area contributed by atoms with E-state index in [1.807, 2.05) is 25.1 Å². The molecule has 7 nitrogen and oxygen atoms in total. The second kappa shape index (κ2) is 11.3. The smallest absolute Gasteiger partial charge is 0.251 e. The number of ether oxygens (including phenoxy) is 1. The molecule has 0 bridgehead atoms. The number of amides is 2. The van der Waals surface area contributed by atoms with Gasteiger partial charge in [-0.3, -0.25) is 19.4 Å². The molecule has 1 aromatic rings. The number of hydrogen-bond donors (Lipinski definition) is 2. The van der Waals surface area contributed by atoms with Gasteiger partial charge in [-0.1, -0.05) is 19.1 Å². The molecule has 0 unspecified atom stereocenters. The first-order chi connectivity index (χ1) is 14.1. The summed E-state index contributed by atoms with van der Waals surface area (Å²) in [5, 5.41) is 6.09. The highest BCUT2D eigenvalue weighted by atomic mass is 16.5. The maximum absolute atomic E-state index is 12.7. The Morgan fingerprint density at radius 1 is 1.10 bits per heavy atom. The first kappa shape index (κ1) is 21.7. The summed E-state index contributed by atoms with van der Waals surface area (Å²) >= 11 is 0. The molecule has 0 spiro atoms. The van der Waals surface area contributed by atoms with Crippen LogP contribution in [0.15, 0.2) is 24.3 Å². The van der Waals surface area contributed by atoms with Gasteiger partial charge in [0.2, 0.25) is 5.91 Å². The lowest BCUT2D eigenvalue weighted by molar-refractivity contribution is -0.122. The number of nitrogens with one attached hydrogen (secondary N) is 2. The molecule has 2 amide bonds. The maximum Gasteiger partial charge on any atom is 0.251 e. The van der Waals surface area contributed by atoms with Crippen molar-refractivity contribution in [2.45, 2.75) is 38.8 Å². The van der Waals surface area contributed by atoms with Crippen molar-refractivity contribution in [2.24, 2.45) is 0 Å². The third-order valence-corrected chi connectivity index (χ3v) is 5.56. The largest absolute Gasteiger partial charge is 0.379 e. The molecule has 2 fully saturated rings. The summed E-state index contributed by atoms with van der Waals surface area (Å²) in [6.45, 7) is 9.17. The van der Waals surface area contributed by atoms with Crippen LogP contribution in [0.3, 0.4) is 0 Å². The molecule has 2 N–H and O–H groups in total. The van der Waals surface area contributed by atoms with Crippen LogP contribution >= 0.6 is 0 Å². The molecule has 2 aliphatic heterocycles. The fraction of sp³-hybridized carbons (Fsp3) is 0.636. The van der Waals surface area contributed by atoms with Crippen LogP contribution in [0.2, 0.25) is 0 Å². The van der Waals surface area contributed by atoms with Crippen LogP contribution in [0, 0.1) is 0 Å². The number of likely N-dealkylation sites (tertiary alicyclic amines) is 1. The van der Waals surface area contributed by atoms with Crippen LogP contribution in [0.25, 0.3) is 0 Å². The highest BCUT2D eigenvalue weighted by Gasteiger charge is 2.22. The lowest BCUT2D eigenvalue weighted by atomic mass is 10.0. The van der Waals surface area contributed by atoms with Gasteiger partial charge in [0.1, 0.15) is 0 Å². The van der Waals surface area contributed by atoms with E-state index in [0.29, 0.717) is 6.54 Å². The molecule has 0 saturated carbocycles. The van der Waals surface area contributed by atoms with Crippen LogP contribution < -0.4 is 10.6 Å². The second-order valence-corrected chi connectivity index (χ2v) is 7.96. The van der Waals surface area contributed by atoms with Gasteiger partial charge in [0.15, 0.2) is 0 Å². The summed E-state index contributed by atoms with van der Waals surface area (Å²) in [4.78, 5) is 29.1. The van der Waals surface area contributed by atoms with E-state index < -0.39 is 0 Å². The van der Waals surface area contributed by atoms with Gasteiger partial charge in [0.05, 0.1) is 19.8 Å². The third-order valence-electron chi connectivity index (χ3n) is 5.56. The standard InChI is InChI=1S/C22H34N4O3/c1-2-8-23-21(27)17-25-9-6-20(7-10-25)24-22(28)19-5-3-4-18(15-19)16-26-11-13-29-14-12-26/h3-5,15,20H,2,6-14,16-17H2,1H3,(H,23,27)(H,24,28). The Bertz CT molecular complexity index is 668. The van der Waals surface area contributed by atoms with Crippen LogP contribution in [0.1, 0.15) is 42.1 Å². The monoisotopic (exact) mass is 402 g/mol. The van der Waals surface area contributed by atoms with Crippen molar-refractivity contribution in [2.75, 3.05) is 52.5 Å². The molecule has 7 heteroatoms. The first-order valence-electron chi connectivity index (χ1n) is 10.8. The van der Waals surface area contributed by atoms with Crippen molar-refractivity contribution in [1.82, 2.24) is 20.4 Å². The van der Waals surface area contributed by atoms with Gasteiger partial charge >= 0.3 is 0 Å². The van der Waals surface area contributed by atoms with Gasteiger partial charge in [0.25, 0.3) is 5.91 Å². The number of rotatable bonds is 8. The zero-order valence-electron chi connectivity index (χ0n) is 17.5. The fourth-order valence-electron chi connectivity index (χ4n) is 3.86. The Morgan fingerprint density at radius 2 is 1.86 bits per heavy atom. The molecule has 3 rings (SSSR count). The van der Waals surface area contributed by atoms with E-state index in [1.165, 1.54) is 0 Å². The Morgan fingerprint density at radius 3 is 2.59 bits per heavy atom. The minimum absolute atomic E-state index is 0.00651. The summed E-state index contributed by atoms with van der Waals surface area (Å²) in [5.74, 6) is 0.0828. The van der Waals surface area contributed by atoms with E-state index >= 15 is 0 Å². The summed E-state index contributed by atoms with van der Waals surface area (Å²) in [5.41, 5.74) is 1.88. The van der Waals surface area contributed by atoms with Crippen LogP contribution in [0.4, 0.5) is 0 Å². The highest BCUT2D eigenvalue weighted by Crippen LogP contribution is 2.13. The number of hydrogen-bond acceptors (Lipinski definition) is 5. The summed E-state index contributed by atoms with van der Waals surface area (Å²) in [6, 6.07) is 8.08. The lowest BCUT2D eigenvalue weighted by Gasteiger charge is -2.32. The van der Waals surface area contributed by atoms with Gasteiger partial charge in [-0.25, -0.2) is 0 Å². The molecule has 0 aromatic heterocycles. The lowest BCUT2D eigenvalue weighted by Crippen LogP contribution is -2.47. The zero-order valence-corrected chi connectivity index (χ0v) is 17.5. The Hall–Kier alpha value is -1.96. The maximum atomic E-state index is 12.7. The van der Waals surface area contributed by atoms with E-state index in [2.05, 4.69) is 26.5 Å². The molecular formula is C22H34N4O3. The van der Waals surface area contributed by atoms with E-state index in [1.54, 1.807) is 0 Å². The Kier molecular flexibility index (Phi) is 8.46. The van der Waals surface area contributed by atoms with Gasteiger partial charge < -0.3 is 15.4 Å². The second-order valence-electron chi connectivity index (χ2n) is 7.96. The number of piperidine rings is 1. The van der Waals surface area contributed by atoms with E-state index in [9.17, 15) is 9.59 Å². The van der Waals surface area contributed by atoms with Crippen molar-refractivity contribution in [3.63, 3.8) is 0 Å². The number of morpholine rings is 1. The number of nitrogens with zero attached hydrogens (tertiary/aromatic N) is 2. The van der Waals surface area contributed by atoms with E-state index in [-0.39, 0.29) is 17.9 Å². The quantitative estimate of drug-likeness (QED) is 0.684. The molecule has 2 aliphatic rings. The van der Waals surface area contributed by atoms with Gasteiger partial charge in [-0.2, -0.15) is 0 Å². The highest BCUT2D eigenvalue weighted by molar-refractivity contribution is 5.94. The average Bonchev–Trinajstić information content (AvgIpc) is 2.74. The number of carbonyl (C=O) groups excluding carboxylic acids is 2. The van der Waals surface area contributed by atoms with Crippen LogP contribution in [0.5, 0.6) is 0 Å². The Balaban J connectivity index is 1.43. The van der Waals surface area contributed by atoms with Crippen LogP contribution in [-0.2, 0) is 16.1 Å². The first-order valence-corrected chi connectivity index (χ1v) is 10.8. The van der Waals surface area contributed by atoms with E-state index in [4.69, 9.17) is 4.74 Å². The predicted molar refractivity (Wildman–Crippen MR) is 113 cm³/mol. The zero-order chi connectivity index (χ0) is 20.5. The number of benzene rings is 1. The molecule has 0 atom stereocenters. The SMILES string of the molecule is CCCNC(=O)CN1CCC(NC(=O)c2cccc(CN3CCOCC3)c2)CC1. The summed E-state index contributed by atoms with van der Waals surface area (Å²) in [6.07, 6.45) is 2.70. The van der Waals surface area contributed by atoms with Gasteiger partial charge in [-0.05, 0) is 37.0 Å². The topological polar surface area (TPSA) is 73.9 Å². The third kappa shape index (κ3) is 7.10. The minimum Gasteiger partial charge on any atom is -0.379 e. The van der Waals surface area contributed by atoms with Crippen LogP contribution in [-0.4, -0.2) is 80.1 Å². The molecule has 0 radical (unpaired) electrons. The Labute approximate surface area is 173 Å². The van der Waals surface area contributed by atoms with E-state index in [0.717, 1.165) is 82.9 Å². The van der Waals surface area contributed by atoms with Crippen molar-refractivity contribution in [1.29, 1.82) is 0 Å². The molecule has 2 heterocycles. The molecule has 1 aromatic carbocycles. The normalized spacial score (nSPS) is 19.1. The van der Waals surface area contributed by atoms with Crippen molar-refractivity contribution >= 4 is 11.8 Å².